The Balaban J connectivity index is 2.87. The number of nitrogens with zero attached hydrogens (tertiary/aromatic N) is 3. The molecule has 0 radical (unpaired) electrons. The van der Waals surface area contributed by atoms with Crippen molar-refractivity contribution in [3.63, 3.8) is 0 Å². The van der Waals surface area contributed by atoms with E-state index in [-0.39, 0.29) is 11.2 Å². The van der Waals surface area contributed by atoms with Crippen LogP contribution in [-0.4, -0.2) is 14.8 Å². The summed E-state index contributed by atoms with van der Waals surface area (Å²) in [5.41, 5.74) is -1.08. The van der Waals surface area contributed by atoms with E-state index in [4.69, 9.17) is 0 Å². The minimum absolute atomic E-state index is 0.118. The van der Waals surface area contributed by atoms with Crippen molar-refractivity contribution in [3.05, 3.63) is 24.2 Å². The van der Waals surface area contributed by atoms with E-state index >= 15 is 0 Å². The van der Waals surface area contributed by atoms with Crippen LogP contribution in [0, 0.1) is 0 Å². The van der Waals surface area contributed by atoms with Crippen LogP contribution in [-0.2, 0) is 13.2 Å². The Morgan fingerprint density at radius 2 is 2.13 bits per heavy atom. The van der Waals surface area contributed by atoms with E-state index in [9.17, 15) is 18.4 Å². The monoisotopic (exact) mass is 218 g/mol. The lowest BCUT2D eigenvalue weighted by Crippen LogP contribution is -2.31. The second-order valence-corrected chi connectivity index (χ2v) is 3.10. The fraction of sp³-hybridized carbons (Fsp3) is 0.250. The topological polar surface area (TPSA) is 41.9 Å². The third-order valence-electron chi connectivity index (χ3n) is 2.08. The molecule has 0 aliphatic heterocycles. The SMILES string of the molecule is Cn1cnc2c1c(C(F)(F)F)cc[n+]2O. The lowest BCUT2D eigenvalue weighted by Gasteiger charge is -2.06. The molecule has 1 N–H and O–H groups in total. The predicted molar refractivity (Wildman–Crippen MR) is 43.1 cm³/mol. The highest BCUT2D eigenvalue weighted by Gasteiger charge is 2.36. The first-order valence-corrected chi connectivity index (χ1v) is 4.03. The van der Waals surface area contributed by atoms with Gasteiger partial charge in [0.05, 0.1) is 5.56 Å². The molecular weight excluding hydrogens is 211 g/mol. The number of fused-ring (bicyclic) bond motifs is 1. The molecule has 7 heteroatoms. The van der Waals surface area contributed by atoms with Gasteiger partial charge in [0.25, 0.3) is 0 Å². The van der Waals surface area contributed by atoms with E-state index in [2.05, 4.69) is 4.98 Å². The molecule has 2 rings (SSSR count). The second-order valence-electron chi connectivity index (χ2n) is 3.10. The summed E-state index contributed by atoms with van der Waals surface area (Å²) < 4.78 is 39.5. The number of halogens is 3. The Morgan fingerprint density at radius 3 is 2.73 bits per heavy atom. The van der Waals surface area contributed by atoms with Crippen molar-refractivity contribution in [2.45, 2.75) is 6.18 Å². The summed E-state index contributed by atoms with van der Waals surface area (Å²) in [7, 11) is 1.44. The molecule has 0 spiro atoms. The maximum Gasteiger partial charge on any atom is 0.418 e. The molecule has 0 aromatic carbocycles. The van der Waals surface area contributed by atoms with Crippen molar-refractivity contribution in [2.75, 3.05) is 0 Å². The summed E-state index contributed by atoms with van der Waals surface area (Å²) in [4.78, 5) is 3.67. The van der Waals surface area contributed by atoms with E-state index < -0.39 is 11.7 Å². The van der Waals surface area contributed by atoms with Crippen LogP contribution in [0.3, 0.4) is 0 Å². The minimum Gasteiger partial charge on any atom is -0.350 e. The molecule has 0 bridgehead atoms. The smallest absolute Gasteiger partial charge is 0.350 e. The van der Waals surface area contributed by atoms with Crippen molar-refractivity contribution in [1.82, 2.24) is 9.55 Å². The average molecular weight is 218 g/mol. The number of pyridine rings is 1. The van der Waals surface area contributed by atoms with Crippen LogP contribution in [0.15, 0.2) is 18.6 Å². The summed E-state index contributed by atoms with van der Waals surface area (Å²) in [6.45, 7) is 0. The van der Waals surface area contributed by atoms with Gasteiger partial charge in [-0.25, -0.2) is 0 Å². The Labute approximate surface area is 82.2 Å². The van der Waals surface area contributed by atoms with Crippen molar-refractivity contribution in [3.8, 4) is 0 Å². The van der Waals surface area contributed by atoms with Gasteiger partial charge < -0.3 is 9.77 Å². The molecule has 0 aliphatic carbocycles. The molecule has 80 valence electrons. The first kappa shape index (κ1) is 9.75. The van der Waals surface area contributed by atoms with Gasteiger partial charge in [-0.3, -0.25) is 0 Å². The molecule has 0 saturated carbocycles. The quantitative estimate of drug-likeness (QED) is 0.531. The number of aromatic nitrogens is 3. The van der Waals surface area contributed by atoms with E-state index in [1.54, 1.807) is 0 Å². The minimum atomic E-state index is -4.46. The molecule has 0 fully saturated rings. The highest BCUT2D eigenvalue weighted by Crippen LogP contribution is 2.32. The zero-order valence-corrected chi connectivity index (χ0v) is 7.65. The average Bonchev–Trinajstić information content (AvgIpc) is 2.48. The normalized spacial score (nSPS) is 12.3. The third-order valence-corrected chi connectivity index (χ3v) is 2.08. The summed E-state index contributed by atoms with van der Waals surface area (Å²) in [6.07, 6.45) is -2.33. The van der Waals surface area contributed by atoms with Crippen molar-refractivity contribution in [2.24, 2.45) is 7.05 Å². The Kier molecular flexibility index (Phi) is 1.85. The standard InChI is InChI=1S/C8H7F3N3O/c1-13-4-12-7-6(13)5(8(9,10)11)2-3-14(7)15/h2-4,15H,1H3/q+1. The number of aryl methyl sites for hydroxylation is 1. The number of hydrogen-bond donors (Lipinski definition) is 1. The van der Waals surface area contributed by atoms with Gasteiger partial charge in [0.1, 0.15) is 6.20 Å². The fourth-order valence-corrected chi connectivity index (χ4v) is 1.42. The van der Waals surface area contributed by atoms with Gasteiger partial charge in [-0.15, -0.1) is 0 Å². The number of imidazole rings is 1. The highest BCUT2D eigenvalue weighted by atomic mass is 19.4. The first-order chi connectivity index (χ1) is 6.91. The molecule has 0 saturated heterocycles. The second kappa shape index (κ2) is 2.85. The maximum atomic E-state index is 12.6. The zero-order chi connectivity index (χ0) is 11.2. The summed E-state index contributed by atoms with van der Waals surface area (Å²) >= 11 is 0. The van der Waals surface area contributed by atoms with Crippen LogP contribution < -0.4 is 4.73 Å². The maximum absolute atomic E-state index is 12.6. The molecule has 0 aliphatic rings. The summed E-state index contributed by atoms with van der Waals surface area (Å²) in [5, 5.41) is 9.25. The zero-order valence-electron chi connectivity index (χ0n) is 7.65. The van der Waals surface area contributed by atoms with E-state index in [0.717, 1.165) is 12.3 Å². The van der Waals surface area contributed by atoms with E-state index in [0.29, 0.717) is 4.73 Å². The van der Waals surface area contributed by atoms with Crippen LogP contribution in [0.25, 0.3) is 11.2 Å². The van der Waals surface area contributed by atoms with Crippen LogP contribution in [0.5, 0.6) is 0 Å². The Bertz CT molecular complexity index is 518. The van der Waals surface area contributed by atoms with Gasteiger partial charge in [-0.1, -0.05) is 0 Å². The fourth-order valence-electron chi connectivity index (χ4n) is 1.42. The van der Waals surface area contributed by atoms with Crippen LogP contribution >= 0.6 is 0 Å². The number of rotatable bonds is 0. The number of hydrogen-bond acceptors (Lipinski definition) is 2. The van der Waals surface area contributed by atoms with Gasteiger partial charge in [-0.2, -0.15) is 13.2 Å². The number of alkyl halides is 3. The Morgan fingerprint density at radius 1 is 1.47 bits per heavy atom. The molecule has 15 heavy (non-hydrogen) atoms. The summed E-state index contributed by atoms with van der Waals surface area (Å²) in [5.74, 6) is 0. The van der Waals surface area contributed by atoms with Gasteiger partial charge in [0, 0.05) is 7.05 Å². The molecule has 0 atom stereocenters. The molecule has 0 amide bonds. The highest BCUT2D eigenvalue weighted by molar-refractivity contribution is 5.72. The van der Waals surface area contributed by atoms with Gasteiger partial charge >= 0.3 is 11.8 Å². The van der Waals surface area contributed by atoms with Crippen LogP contribution in [0.4, 0.5) is 13.2 Å². The Hall–Kier alpha value is -1.79. The molecule has 0 unspecified atom stereocenters. The molecular formula is C8H7F3N3O+. The van der Waals surface area contributed by atoms with Crippen molar-refractivity contribution >= 4 is 11.2 Å². The lowest BCUT2D eigenvalue weighted by atomic mass is 10.2. The molecule has 2 aromatic rings. The largest absolute Gasteiger partial charge is 0.418 e. The first-order valence-electron chi connectivity index (χ1n) is 4.03. The van der Waals surface area contributed by atoms with Crippen molar-refractivity contribution < 1.29 is 23.1 Å². The van der Waals surface area contributed by atoms with Gasteiger partial charge in [-0.05, 0) is 15.8 Å². The van der Waals surface area contributed by atoms with E-state index in [1.165, 1.54) is 17.9 Å². The predicted octanol–water partition coefficient (Wildman–Crippen LogP) is 1.12. The molecule has 4 nitrogen and oxygen atoms in total. The van der Waals surface area contributed by atoms with Crippen LogP contribution in [0.1, 0.15) is 5.56 Å². The molecule has 2 heterocycles. The summed E-state index contributed by atoms with van der Waals surface area (Å²) in [6, 6.07) is 0.810. The van der Waals surface area contributed by atoms with Crippen LogP contribution in [0.2, 0.25) is 0 Å². The van der Waals surface area contributed by atoms with Gasteiger partial charge in [0.15, 0.2) is 5.52 Å². The molecule has 2 aromatic heterocycles. The van der Waals surface area contributed by atoms with Crippen molar-refractivity contribution in [1.29, 1.82) is 0 Å². The third kappa shape index (κ3) is 1.39. The van der Waals surface area contributed by atoms with E-state index in [1.807, 2.05) is 0 Å². The lowest BCUT2D eigenvalue weighted by molar-refractivity contribution is -0.886. The van der Waals surface area contributed by atoms with Gasteiger partial charge in [0.2, 0.25) is 6.33 Å².